The number of carbonyl (C=O) groups is 2. The molecular formula is C18H26N2O3. The van der Waals surface area contributed by atoms with E-state index in [1.165, 1.54) is 11.3 Å². The minimum absolute atomic E-state index is 0.0134. The minimum atomic E-state index is -0.644. The lowest BCUT2D eigenvalue weighted by Gasteiger charge is -2.31. The molecule has 0 saturated heterocycles. The number of likely N-dealkylation sites (N-methyl/N-ethyl adjacent to an activating group) is 1. The Balaban J connectivity index is 2.01. The highest BCUT2D eigenvalue weighted by molar-refractivity contribution is 5.87. The third-order valence-corrected chi connectivity index (χ3v) is 4.73. The Labute approximate surface area is 137 Å². The molecule has 0 aromatic heterocycles. The molecule has 23 heavy (non-hydrogen) atoms. The van der Waals surface area contributed by atoms with Crippen molar-refractivity contribution >= 4 is 11.8 Å². The number of amides is 2. The Morgan fingerprint density at radius 2 is 1.87 bits per heavy atom. The van der Waals surface area contributed by atoms with Crippen LogP contribution in [0.15, 0.2) is 30.3 Å². The van der Waals surface area contributed by atoms with Crippen molar-refractivity contribution in [2.45, 2.75) is 51.0 Å². The van der Waals surface area contributed by atoms with E-state index in [1.807, 2.05) is 30.3 Å². The van der Waals surface area contributed by atoms with Crippen LogP contribution in [0.25, 0.3) is 0 Å². The molecule has 1 saturated carbocycles. The number of hydroxylamine groups is 1. The van der Waals surface area contributed by atoms with E-state index in [-0.39, 0.29) is 11.8 Å². The number of hydrogen-bond donors (Lipinski definition) is 2. The molecule has 0 heterocycles. The van der Waals surface area contributed by atoms with Gasteiger partial charge in [-0.2, -0.15) is 0 Å². The highest BCUT2D eigenvalue weighted by atomic mass is 16.5. The molecule has 5 nitrogen and oxygen atoms in total. The van der Waals surface area contributed by atoms with Gasteiger partial charge in [0, 0.05) is 13.0 Å². The molecule has 1 aromatic rings. The summed E-state index contributed by atoms with van der Waals surface area (Å²) in [6, 6.07) is 9.20. The standard InChI is InChI=1S/C18H26N2O3/c1-20(18(22)15-10-6-3-7-11-15)16(17(21)19-23)13-12-14-8-4-2-5-9-14/h2,4-5,8-9,15-16,23H,3,6-7,10-13H2,1H3,(H,19,21). The van der Waals surface area contributed by atoms with E-state index >= 15 is 0 Å². The molecule has 0 spiro atoms. The minimum Gasteiger partial charge on any atom is -0.333 e. The van der Waals surface area contributed by atoms with Crippen LogP contribution in [0.4, 0.5) is 0 Å². The van der Waals surface area contributed by atoms with Crippen molar-refractivity contribution in [1.82, 2.24) is 10.4 Å². The second kappa shape index (κ2) is 8.67. The second-order valence-electron chi connectivity index (χ2n) is 6.30. The van der Waals surface area contributed by atoms with Gasteiger partial charge in [-0.1, -0.05) is 49.6 Å². The van der Waals surface area contributed by atoms with Crippen molar-refractivity contribution in [3.05, 3.63) is 35.9 Å². The van der Waals surface area contributed by atoms with E-state index in [0.29, 0.717) is 12.8 Å². The average Bonchev–Trinajstić information content (AvgIpc) is 2.62. The molecule has 2 amide bonds. The van der Waals surface area contributed by atoms with E-state index < -0.39 is 11.9 Å². The van der Waals surface area contributed by atoms with Crippen LogP contribution in [0.3, 0.4) is 0 Å². The number of rotatable bonds is 6. The highest BCUT2D eigenvalue weighted by Crippen LogP contribution is 2.26. The number of carbonyl (C=O) groups excluding carboxylic acids is 2. The molecule has 126 valence electrons. The van der Waals surface area contributed by atoms with E-state index in [2.05, 4.69) is 0 Å². The summed E-state index contributed by atoms with van der Waals surface area (Å²) in [5.74, 6) is -0.488. The van der Waals surface area contributed by atoms with Crippen molar-refractivity contribution in [1.29, 1.82) is 0 Å². The van der Waals surface area contributed by atoms with Gasteiger partial charge in [0.05, 0.1) is 0 Å². The van der Waals surface area contributed by atoms with Gasteiger partial charge in [-0.25, -0.2) is 5.48 Å². The molecule has 1 aliphatic carbocycles. The van der Waals surface area contributed by atoms with Crippen LogP contribution in [0.5, 0.6) is 0 Å². The fraction of sp³-hybridized carbons (Fsp3) is 0.556. The van der Waals surface area contributed by atoms with E-state index in [9.17, 15) is 9.59 Å². The highest BCUT2D eigenvalue weighted by Gasteiger charge is 2.31. The quantitative estimate of drug-likeness (QED) is 0.625. The van der Waals surface area contributed by atoms with Crippen LogP contribution in [-0.2, 0) is 16.0 Å². The van der Waals surface area contributed by atoms with Crippen LogP contribution in [0, 0.1) is 5.92 Å². The van der Waals surface area contributed by atoms with Crippen molar-refractivity contribution in [2.75, 3.05) is 7.05 Å². The Kier molecular flexibility index (Phi) is 6.59. The second-order valence-corrected chi connectivity index (χ2v) is 6.30. The van der Waals surface area contributed by atoms with Gasteiger partial charge in [-0.3, -0.25) is 14.8 Å². The third kappa shape index (κ3) is 4.79. The summed E-state index contributed by atoms with van der Waals surface area (Å²) in [5, 5.41) is 9.01. The van der Waals surface area contributed by atoms with Gasteiger partial charge in [-0.05, 0) is 31.2 Å². The zero-order chi connectivity index (χ0) is 16.7. The van der Waals surface area contributed by atoms with Crippen molar-refractivity contribution < 1.29 is 14.8 Å². The van der Waals surface area contributed by atoms with Crippen LogP contribution < -0.4 is 5.48 Å². The number of nitrogens with zero attached hydrogens (tertiary/aromatic N) is 1. The first kappa shape index (κ1) is 17.5. The fourth-order valence-electron chi connectivity index (χ4n) is 3.31. The maximum atomic E-state index is 12.6. The van der Waals surface area contributed by atoms with Gasteiger partial charge < -0.3 is 4.90 Å². The average molecular weight is 318 g/mol. The molecule has 1 atom stereocenters. The number of aryl methyl sites for hydroxylation is 1. The van der Waals surface area contributed by atoms with Crippen LogP contribution in [0.2, 0.25) is 0 Å². The summed E-state index contributed by atoms with van der Waals surface area (Å²) < 4.78 is 0. The van der Waals surface area contributed by atoms with Crippen LogP contribution in [-0.4, -0.2) is 35.0 Å². The number of nitrogens with one attached hydrogen (secondary N) is 1. The first-order valence-electron chi connectivity index (χ1n) is 8.38. The van der Waals surface area contributed by atoms with Gasteiger partial charge in [0.1, 0.15) is 6.04 Å². The zero-order valence-electron chi connectivity index (χ0n) is 13.7. The molecule has 0 aliphatic heterocycles. The van der Waals surface area contributed by atoms with Gasteiger partial charge in [0.2, 0.25) is 5.91 Å². The van der Waals surface area contributed by atoms with Crippen LogP contribution in [0.1, 0.15) is 44.1 Å². The Hall–Kier alpha value is -1.88. The van der Waals surface area contributed by atoms with Crippen molar-refractivity contribution in [2.24, 2.45) is 5.92 Å². The van der Waals surface area contributed by atoms with Crippen molar-refractivity contribution in [3.63, 3.8) is 0 Å². The fourth-order valence-corrected chi connectivity index (χ4v) is 3.31. The first-order chi connectivity index (χ1) is 11.1. The lowest BCUT2D eigenvalue weighted by molar-refractivity contribution is -0.146. The van der Waals surface area contributed by atoms with Gasteiger partial charge in [-0.15, -0.1) is 0 Å². The Morgan fingerprint density at radius 3 is 2.48 bits per heavy atom. The smallest absolute Gasteiger partial charge is 0.266 e. The number of benzene rings is 1. The predicted octanol–water partition coefficient (Wildman–Crippen LogP) is 2.53. The third-order valence-electron chi connectivity index (χ3n) is 4.73. The normalized spacial score (nSPS) is 16.6. The molecule has 0 bridgehead atoms. The molecular weight excluding hydrogens is 292 g/mol. The molecule has 1 fully saturated rings. The molecule has 2 N–H and O–H groups in total. The van der Waals surface area contributed by atoms with Crippen LogP contribution >= 0.6 is 0 Å². The van der Waals surface area contributed by atoms with E-state index in [1.54, 1.807) is 12.5 Å². The summed E-state index contributed by atoms with van der Waals surface area (Å²) in [7, 11) is 1.67. The molecule has 1 aliphatic rings. The van der Waals surface area contributed by atoms with Crippen molar-refractivity contribution in [3.8, 4) is 0 Å². The predicted molar refractivity (Wildman–Crippen MR) is 87.8 cm³/mol. The summed E-state index contributed by atoms with van der Waals surface area (Å²) >= 11 is 0. The monoisotopic (exact) mass is 318 g/mol. The molecule has 1 unspecified atom stereocenters. The molecule has 2 rings (SSSR count). The largest absolute Gasteiger partial charge is 0.333 e. The molecule has 1 aromatic carbocycles. The molecule has 0 radical (unpaired) electrons. The van der Waals surface area contributed by atoms with Gasteiger partial charge in [0.25, 0.3) is 5.91 Å². The zero-order valence-corrected chi connectivity index (χ0v) is 13.7. The summed E-state index contributed by atoms with van der Waals surface area (Å²) in [6.45, 7) is 0. The first-order valence-corrected chi connectivity index (χ1v) is 8.38. The van der Waals surface area contributed by atoms with E-state index in [4.69, 9.17) is 5.21 Å². The SMILES string of the molecule is CN(C(=O)C1CCCCC1)C(CCc1ccccc1)C(=O)NO. The maximum absolute atomic E-state index is 12.6. The Bertz CT molecular complexity index is 512. The van der Waals surface area contributed by atoms with E-state index in [0.717, 1.165) is 31.2 Å². The van der Waals surface area contributed by atoms with Gasteiger partial charge in [0.15, 0.2) is 0 Å². The lowest BCUT2D eigenvalue weighted by atomic mass is 9.88. The lowest BCUT2D eigenvalue weighted by Crippen LogP contribution is -2.49. The molecule has 5 heteroatoms. The topological polar surface area (TPSA) is 69.6 Å². The van der Waals surface area contributed by atoms with Gasteiger partial charge >= 0.3 is 0 Å². The Morgan fingerprint density at radius 1 is 1.22 bits per heavy atom. The summed E-state index contributed by atoms with van der Waals surface area (Å²) in [4.78, 5) is 26.2. The summed E-state index contributed by atoms with van der Waals surface area (Å²) in [5.41, 5.74) is 2.82. The maximum Gasteiger partial charge on any atom is 0.266 e. The number of hydrogen-bond acceptors (Lipinski definition) is 3. The summed E-state index contributed by atoms with van der Waals surface area (Å²) in [6.07, 6.45) is 6.30.